The first-order valence-corrected chi connectivity index (χ1v) is 9.58. The van der Waals surface area contributed by atoms with Crippen molar-refractivity contribution in [2.24, 2.45) is 0 Å². The van der Waals surface area contributed by atoms with E-state index in [1.807, 2.05) is 25.1 Å². The number of nitrogens with zero attached hydrogens (tertiary/aromatic N) is 1. The molecule has 1 fully saturated rings. The number of piperidine rings is 1. The average Bonchev–Trinajstić information content (AvgIpc) is 2.69. The number of hydrogen-bond acceptors (Lipinski definition) is 3. The summed E-state index contributed by atoms with van der Waals surface area (Å²) in [5, 5.41) is 2.75. The first-order chi connectivity index (χ1) is 13.5. The lowest BCUT2D eigenvalue weighted by molar-refractivity contribution is -0.125. The summed E-state index contributed by atoms with van der Waals surface area (Å²) in [5.41, 5.74) is 2.21. The molecule has 146 valence electrons. The molecule has 0 aromatic heterocycles. The topological polar surface area (TPSA) is 58.6 Å². The maximum absolute atomic E-state index is 13.5. The van der Waals surface area contributed by atoms with E-state index in [0.717, 1.165) is 16.7 Å². The van der Waals surface area contributed by atoms with Crippen LogP contribution in [0.4, 0.5) is 9.18 Å². The molecule has 28 heavy (non-hydrogen) atoms. The van der Waals surface area contributed by atoms with Gasteiger partial charge in [0.25, 0.3) is 0 Å². The number of benzene rings is 2. The zero-order valence-corrected chi connectivity index (χ0v) is 15.8. The summed E-state index contributed by atoms with van der Waals surface area (Å²) < 4.78 is 19.2. The van der Waals surface area contributed by atoms with Crippen molar-refractivity contribution in [3.8, 4) is 0 Å². The van der Waals surface area contributed by atoms with Crippen LogP contribution in [0.1, 0.15) is 36.5 Å². The van der Waals surface area contributed by atoms with Crippen molar-refractivity contribution in [2.75, 3.05) is 13.1 Å². The Hall–Kier alpha value is -2.89. The van der Waals surface area contributed by atoms with E-state index < -0.39 is 17.7 Å². The van der Waals surface area contributed by atoms with Crippen LogP contribution in [0.2, 0.25) is 0 Å². The third kappa shape index (κ3) is 3.23. The van der Waals surface area contributed by atoms with Crippen molar-refractivity contribution in [3.63, 3.8) is 0 Å². The van der Waals surface area contributed by atoms with Crippen molar-refractivity contribution in [3.05, 3.63) is 71.0 Å². The van der Waals surface area contributed by atoms with Crippen LogP contribution in [0.5, 0.6) is 0 Å². The lowest BCUT2D eigenvalue weighted by atomic mass is 9.77. The summed E-state index contributed by atoms with van der Waals surface area (Å²) in [6.07, 6.45) is 0.642. The van der Waals surface area contributed by atoms with E-state index >= 15 is 0 Å². The summed E-state index contributed by atoms with van der Waals surface area (Å²) in [6, 6.07) is 14.2. The number of nitrogens with one attached hydrogen (secondary N) is 1. The van der Waals surface area contributed by atoms with Gasteiger partial charge in [-0.05, 0) is 42.2 Å². The Morgan fingerprint density at radius 3 is 2.71 bits per heavy atom. The zero-order valence-electron chi connectivity index (χ0n) is 15.8. The van der Waals surface area contributed by atoms with Crippen LogP contribution in [0.3, 0.4) is 0 Å². The zero-order chi connectivity index (χ0) is 19.7. The molecule has 6 heteroatoms. The van der Waals surface area contributed by atoms with Gasteiger partial charge in [-0.2, -0.15) is 0 Å². The van der Waals surface area contributed by atoms with Crippen molar-refractivity contribution < 1.29 is 18.7 Å². The molecule has 1 unspecified atom stereocenters. The molecule has 2 aromatic carbocycles. The smallest absolute Gasteiger partial charge is 0.411 e. The second-order valence-corrected chi connectivity index (χ2v) is 7.49. The van der Waals surface area contributed by atoms with Crippen LogP contribution in [0.25, 0.3) is 0 Å². The van der Waals surface area contributed by atoms with Gasteiger partial charge >= 0.3 is 6.09 Å². The molecule has 2 aliphatic heterocycles. The van der Waals surface area contributed by atoms with Crippen LogP contribution in [-0.4, -0.2) is 36.1 Å². The molecular formula is C22H23FN2O3. The number of carbonyl (C=O) groups is 2. The van der Waals surface area contributed by atoms with Gasteiger partial charge in [0.1, 0.15) is 11.9 Å². The monoisotopic (exact) mass is 382 g/mol. The largest absolute Gasteiger partial charge is 0.445 e. The van der Waals surface area contributed by atoms with Gasteiger partial charge in [0.2, 0.25) is 5.91 Å². The van der Waals surface area contributed by atoms with E-state index in [2.05, 4.69) is 11.4 Å². The van der Waals surface area contributed by atoms with E-state index in [9.17, 15) is 14.0 Å². The highest BCUT2D eigenvalue weighted by Crippen LogP contribution is 2.41. The lowest BCUT2D eigenvalue weighted by Gasteiger charge is -2.46. The molecule has 0 spiro atoms. The van der Waals surface area contributed by atoms with Crippen molar-refractivity contribution in [1.29, 1.82) is 0 Å². The maximum atomic E-state index is 13.5. The normalized spacial score (nSPS) is 24.3. The molecule has 2 amide bonds. The second kappa shape index (κ2) is 7.26. The van der Waals surface area contributed by atoms with Crippen LogP contribution in [0, 0.1) is 5.82 Å². The minimum Gasteiger partial charge on any atom is -0.445 e. The fraction of sp³-hybridized carbons (Fsp3) is 0.364. The molecule has 0 bridgehead atoms. The molecule has 1 N–H and O–H groups in total. The lowest BCUT2D eigenvalue weighted by Crippen LogP contribution is -2.53. The molecule has 2 atom stereocenters. The van der Waals surface area contributed by atoms with Gasteiger partial charge in [0, 0.05) is 19.5 Å². The maximum Gasteiger partial charge on any atom is 0.411 e. The SMILES string of the molecule is C[C@]1(c2ccc(F)cc2)c2ccccc2CCN1C(=O)OC1CCNC(=O)C1. The van der Waals surface area contributed by atoms with Gasteiger partial charge in [0.05, 0.1) is 12.0 Å². The Bertz CT molecular complexity index is 899. The van der Waals surface area contributed by atoms with Gasteiger partial charge < -0.3 is 10.1 Å². The Labute approximate surface area is 163 Å². The number of fused-ring (bicyclic) bond motifs is 1. The minimum absolute atomic E-state index is 0.102. The third-order valence-corrected chi connectivity index (χ3v) is 5.78. The Balaban J connectivity index is 1.70. The molecule has 0 aliphatic carbocycles. The van der Waals surface area contributed by atoms with Crippen molar-refractivity contribution in [1.82, 2.24) is 10.2 Å². The third-order valence-electron chi connectivity index (χ3n) is 5.78. The Morgan fingerprint density at radius 2 is 1.96 bits per heavy atom. The fourth-order valence-corrected chi connectivity index (χ4v) is 4.23. The number of carbonyl (C=O) groups excluding carboxylic acids is 2. The summed E-state index contributed by atoms with van der Waals surface area (Å²) in [7, 11) is 0. The number of halogens is 1. The average molecular weight is 382 g/mol. The van der Waals surface area contributed by atoms with E-state index in [1.165, 1.54) is 12.1 Å². The Morgan fingerprint density at radius 1 is 1.21 bits per heavy atom. The van der Waals surface area contributed by atoms with E-state index in [4.69, 9.17) is 4.74 Å². The van der Waals surface area contributed by atoms with Gasteiger partial charge in [-0.15, -0.1) is 0 Å². The minimum atomic E-state index is -0.781. The fourth-order valence-electron chi connectivity index (χ4n) is 4.23. The van der Waals surface area contributed by atoms with Crippen LogP contribution in [0.15, 0.2) is 48.5 Å². The van der Waals surface area contributed by atoms with E-state index in [1.54, 1.807) is 17.0 Å². The van der Waals surface area contributed by atoms with Gasteiger partial charge in [0.15, 0.2) is 0 Å². The first-order valence-electron chi connectivity index (χ1n) is 9.58. The van der Waals surface area contributed by atoms with E-state index in [0.29, 0.717) is 25.9 Å². The number of amides is 2. The van der Waals surface area contributed by atoms with Crippen LogP contribution < -0.4 is 5.32 Å². The second-order valence-electron chi connectivity index (χ2n) is 7.49. The molecule has 5 nitrogen and oxygen atoms in total. The van der Waals surface area contributed by atoms with Crippen molar-refractivity contribution in [2.45, 2.75) is 37.8 Å². The van der Waals surface area contributed by atoms with Gasteiger partial charge in [-0.3, -0.25) is 9.69 Å². The predicted octanol–water partition coefficient (Wildman–Crippen LogP) is 3.36. The molecule has 2 heterocycles. The standard InChI is InChI=1S/C22H23FN2O3/c1-22(16-6-8-17(23)9-7-16)19-5-3-2-4-15(19)11-13-25(22)21(27)28-18-10-12-24-20(26)14-18/h2-9,18H,10-14H2,1H3,(H,24,26)/t18?,22-/m0/s1. The highest BCUT2D eigenvalue weighted by Gasteiger charge is 2.44. The summed E-state index contributed by atoms with van der Waals surface area (Å²) in [4.78, 5) is 26.5. The molecule has 2 aromatic rings. The molecule has 0 saturated carbocycles. The van der Waals surface area contributed by atoms with Crippen LogP contribution in [-0.2, 0) is 21.5 Å². The molecule has 0 radical (unpaired) electrons. The number of rotatable bonds is 2. The van der Waals surface area contributed by atoms with Gasteiger partial charge in [-0.1, -0.05) is 36.4 Å². The van der Waals surface area contributed by atoms with E-state index in [-0.39, 0.29) is 18.1 Å². The Kier molecular flexibility index (Phi) is 4.79. The van der Waals surface area contributed by atoms with Crippen molar-refractivity contribution >= 4 is 12.0 Å². The molecular weight excluding hydrogens is 359 g/mol. The van der Waals surface area contributed by atoms with Gasteiger partial charge in [-0.25, -0.2) is 9.18 Å². The number of hydrogen-bond donors (Lipinski definition) is 1. The molecule has 4 rings (SSSR count). The number of ether oxygens (including phenoxy) is 1. The first kappa shape index (κ1) is 18.5. The summed E-state index contributed by atoms with van der Waals surface area (Å²) >= 11 is 0. The molecule has 1 saturated heterocycles. The highest BCUT2D eigenvalue weighted by molar-refractivity contribution is 5.78. The molecule has 2 aliphatic rings. The quantitative estimate of drug-likeness (QED) is 0.867. The van der Waals surface area contributed by atoms with Crippen LogP contribution >= 0.6 is 0 Å². The summed E-state index contributed by atoms with van der Waals surface area (Å²) in [5.74, 6) is -0.423. The predicted molar refractivity (Wildman–Crippen MR) is 102 cm³/mol. The highest BCUT2D eigenvalue weighted by atomic mass is 19.1. The summed E-state index contributed by atoms with van der Waals surface area (Å²) in [6.45, 7) is 2.96.